The number of thioether (sulfide) groups is 1. The monoisotopic (exact) mass is 362 g/mol. The molecule has 0 atom stereocenters. The standard InChI is InChI=1S/C20H30N2O2S/c1-15(2)13-21-20(24)17-11-7-8-12-18(17)25-14-19(23)22(3)16-9-5-4-6-10-16/h7-8,11-12,15-16H,4-6,9-10,13-14H2,1-3H3,(H,21,24). The molecule has 0 aromatic heterocycles. The molecule has 0 aliphatic heterocycles. The molecule has 0 saturated heterocycles. The van der Waals surface area contributed by atoms with E-state index in [-0.39, 0.29) is 11.8 Å². The summed E-state index contributed by atoms with van der Waals surface area (Å²) >= 11 is 1.46. The third kappa shape index (κ3) is 6.07. The van der Waals surface area contributed by atoms with Crippen LogP contribution in [0.5, 0.6) is 0 Å². The maximum atomic E-state index is 12.5. The number of carbonyl (C=O) groups is 2. The minimum atomic E-state index is -0.0649. The third-order valence-electron chi connectivity index (χ3n) is 4.67. The van der Waals surface area contributed by atoms with E-state index in [2.05, 4.69) is 19.2 Å². The SMILES string of the molecule is CC(C)CNC(=O)c1ccccc1SCC(=O)N(C)C1CCCCC1. The molecule has 0 bridgehead atoms. The second kappa shape index (κ2) is 9.85. The first-order valence-corrected chi connectivity index (χ1v) is 10.2. The van der Waals surface area contributed by atoms with Gasteiger partial charge in [-0.2, -0.15) is 0 Å². The van der Waals surface area contributed by atoms with Gasteiger partial charge in [0.05, 0.1) is 11.3 Å². The number of nitrogens with zero attached hydrogens (tertiary/aromatic N) is 1. The normalized spacial score (nSPS) is 15.2. The second-order valence-electron chi connectivity index (χ2n) is 7.19. The van der Waals surface area contributed by atoms with Crippen LogP contribution in [-0.2, 0) is 4.79 Å². The third-order valence-corrected chi connectivity index (χ3v) is 5.73. The Balaban J connectivity index is 1.93. The molecule has 1 aromatic carbocycles. The molecule has 4 nitrogen and oxygen atoms in total. The number of nitrogens with one attached hydrogen (secondary N) is 1. The molecule has 1 aromatic rings. The van der Waals surface area contributed by atoms with E-state index in [0.29, 0.717) is 29.8 Å². The van der Waals surface area contributed by atoms with Crippen molar-refractivity contribution in [2.24, 2.45) is 5.92 Å². The Morgan fingerprint density at radius 3 is 2.56 bits per heavy atom. The minimum absolute atomic E-state index is 0.0649. The van der Waals surface area contributed by atoms with Crippen molar-refractivity contribution in [2.75, 3.05) is 19.3 Å². The van der Waals surface area contributed by atoms with Crippen molar-refractivity contribution >= 4 is 23.6 Å². The van der Waals surface area contributed by atoms with Gasteiger partial charge in [0.25, 0.3) is 5.91 Å². The van der Waals surface area contributed by atoms with E-state index in [1.165, 1.54) is 31.0 Å². The minimum Gasteiger partial charge on any atom is -0.352 e. The summed E-state index contributed by atoms with van der Waals surface area (Å²) in [5.74, 6) is 0.871. The molecule has 0 radical (unpaired) electrons. The van der Waals surface area contributed by atoms with E-state index >= 15 is 0 Å². The lowest BCUT2D eigenvalue weighted by Crippen LogP contribution is -2.39. The van der Waals surface area contributed by atoms with E-state index in [4.69, 9.17) is 0 Å². The van der Waals surface area contributed by atoms with Crippen molar-refractivity contribution in [3.63, 3.8) is 0 Å². The van der Waals surface area contributed by atoms with Crippen molar-refractivity contribution < 1.29 is 9.59 Å². The average molecular weight is 363 g/mol. The molecule has 1 saturated carbocycles. The van der Waals surface area contributed by atoms with Crippen LogP contribution in [0.25, 0.3) is 0 Å². The second-order valence-corrected chi connectivity index (χ2v) is 8.20. The van der Waals surface area contributed by atoms with Crippen molar-refractivity contribution in [2.45, 2.75) is 56.9 Å². The fourth-order valence-corrected chi connectivity index (χ4v) is 4.06. The largest absolute Gasteiger partial charge is 0.352 e. The van der Waals surface area contributed by atoms with Crippen LogP contribution in [0.1, 0.15) is 56.3 Å². The molecule has 2 rings (SSSR count). The Morgan fingerprint density at radius 1 is 1.20 bits per heavy atom. The molecule has 0 unspecified atom stereocenters. The molecule has 1 fully saturated rings. The van der Waals surface area contributed by atoms with Gasteiger partial charge in [0, 0.05) is 24.5 Å². The highest BCUT2D eigenvalue weighted by atomic mass is 32.2. The predicted octanol–water partition coefficient (Wildman–Crippen LogP) is 3.96. The van der Waals surface area contributed by atoms with Gasteiger partial charge in [-0.15, -0.1) is 11.8 Å². The van der Waals surface area contributed by atoms with E-state index in [1.54, 1.807) is 0 Å². The maximum absolute atomic E-state index is 12.5. The highest BCUT2D eigenvalue weighted by Crippen LogP contribution is 2.25. The molecular formula is C20H30N2O2S. The van der Waals surface area contributed by atoms with E-state index in [9.17, 15) is 9.59 Å². The summed E-state index contributed by atoms with van der Waals surface area (Å²) in [6.45, 7) is 4.79. The van der Waals surface area contributed by atoms with Crippen molar-refractivity contribution in [1.29, 1.82) is 0 Å². The summed E-state index contributed by atoms with van der Waals surface area (Å²) < 4.78 is 0. The van der Waals surface area contributed by atoms with Gasteiger partial charge in [0.2, 0.25) is 5.91 Å². The Hall–Kier alpha value is -1.49. The number of hydrogen-bond donors (Lipinski definition) is 1. The molecular weight excluding hydrogens is 332 g/mol. The summed E-state index contributed by atoms with van der Waals surface area (Å²) in [7, 11) is 1.92. The summed E-state index contributed by atoms with van der Waals surface area (Å²) in [5, 5.41) is 2.95. The van der Waals surface area contributed by atoms with Crippen LogP contribution in [0.4, 0.5) is 0 Å². The Kier molecular flexibility index (Phi) is 7.82. The van der Waals surface area contributed by atoms with Gasteiger partial charge in [-0.1, -0.05) is 45.2 Å². The first kappa shape index (κ1) is 19.8. The highest BCUT2D eigenvalue weighted by Gasteiger charge is 2.22. The molecule has 5 heteroatoms. The van der Waals surface area contributed by atoms with E-state index in [1.807, 2.05) is 36.2 Å². The summed E-state index contributed by atoms with van der Waals surface area (Å²) in [4.78, 5) is 27.7. The van der Waals surface area contributed by atoms with E-state index < -0.39 is 0 Å². The number of benzene rings is 1. The van der Waals surface area contributed by atoms with Crippen LogP contribution >= 0.6 is 11.8 Å². The zero-order valence-corrected chi connectivity index (χ0v) is 16.4. The van der Waals surface area contributed by atoms with Gasteiger partial charge >= 0.3 is 0 Å². The van der Waals surface area contributed by atoms with Crippen molar-refractivity contribution in [3.05, 3.63) is 29.8 Å². The van der Waals surface area contributed by atoms with Gasteiger partial charge in [-0.3, -0.25) is 9.59 Å². The first-order chi connectivity index (χ1) is 12.0. The van der Waals surface area contributed by atoms with Crippen molar-refractivity contribution in [3.8, 4) is 0 Å². The topological polar surface area (TPSA) is 49.4 Å². The predicted molar refractivity (Wildman–Crippen MR) is 104 cm³/mol. The smallest absolute Gasteiger partial charge is 0.252 e. The molecule has 2 amide bonds. The van der Waals surface area contributed by atoms with Gasteiger partial charge in [-0.25, -0.2) is 0 Å². The Labute approximate surface area is 155 Å². The lowest BCUT2D eigenvalue weighted by Gasteiger charge is -2.31. The summed E-state index contributed by atoms with van der Waals surface area (Å²) in [6, 6.07) is 7.91. The number of hydrogen-bond acceptors (Lipinski definition) is 3. The lowest BCUT2D eigenvalue weighted by molar-refractivity contribution is -0.129. The van der Waals surface area contributed by atoms with Crippen LogP contribution < -0.4 is 5.32 Å². The molecule has 0 heterocycles. The van der Waals surface area contributed by atoms with Crippen molar-refractivity contribution in [1.82, 2.24) is 10.2 Å². The quantitative estimate of drug-likeness (QED) is 0.747. The number of carbonyl (C=O) groups excluding carboxylic acids is 2. The fourth-order valence-electron chi connectivity index (χ4n) is 3.09. The van der Waals surface area contributed by atoms with Gasteiger partial charge in [-0.05, 0) is 30.9 Å². The fraction of sp³-hybridized carbons (Fsp3) is 0.600. The zero-order valence-electron chi connectivity index (χ0n) is 15.6. The average Bonchev–Trinajstić information content (AvgIpc) is 2.64. The van der Waals surface area contributed by atoms with Crippen LogP contribution in [0.3, 0.4) is 0 Å². The number of rotatable bonds is 7. The van der Waals surface area contributed by atoms with Crippen LogP contribution in [0.2, 0.25) is 0 Å². The molecule has 1 aliphatic rings. The zero-order chi connectivity index (χ0) is 18.2. The Morgan fingerprint density at radius 2 is 1.88 bits per heavy atom. The van der Waals surface area contributed by atoms with E-state index in [0.717, 1.165) is 17.7 Å². The van der Waals surface area contributed by atoms with Crippen LogP contribution in [-0.4, -0.2) is 42.1 Å². The van der Waals surface area contributed by atoms with Crippen LogP contribution in [0.15, 0.2) is 29.2 Å². The maximum Gasteiger partial charge on any atom is 0.252 e. The molecule has 1 N–H and O–H groups in total. The summed E-state index contributed by atoms with van der Waals surface area (Å²) in [6.07, 6.45) is 5.94. The van der Waals surface area contributed by atoms with Gasteiger partial charge < -0.3 is 10.2 Å². The molecule has 25 heavy (non-hydrogen) atoms. The molecule has 0 spiro atoms. The lowest BCUT2D eigenvalue weighted by atomic mass is 9.94. The van der Waals surface area contributed by atoms with Gasteiger partial charge in [0.15, 0.2) is 0 Å². The first-order valence-electron chi connectivity index (χ1n) is 9.24. The molecule has 138 valence electrons. The summed E-state index contributed by atoms with van der Waals surface area (Å²) in [5.41, 5.74) is 0.654. The number of amides is 2. The van der Waals surface area contributed by atoms with Crippen LogP contribution in [0, 0.1) is 5.92 Å². The van der Waals surface area contributed by atoms with Gasteiger partial charge in [0.1, 0.15) is 0 Å². The Bertz CT molecular complexity index is 583. The molecule has 1 aliphatic carbocycles. The highest BCUT2D eigenvalue weighted by molar-refractivity contribution is 8.00.